The molecule has 1 aromatic carbocycles. The second-order valence-electron chi connectivity index (χ2n) is 8.42. The molecule has 1 aliphatic carbocycles. The van der Waals surface area contributed by atoms with Crippen molar-refractivity contribution in [3.05, 3.63) is 57.9 Å². The van der Waals surface area contributed by atoms with Crippen molar-refractivity contribution in [2.45, 2.75) is 59.0 Å². The molecule has 1 aliphatic rings. The first-order valence-electron chi connectivity index (χ1n) is 10.9. The molecule has 2 N–H and O–H groups in total. The quantitative estimate of drug-likeness (QED) is 0.466. The molecule has 0 spiro atoms. The Hall–Kier alpha value is -3.62. The number of fused-ring (bicyclic) bond motifs is 1. The lowest BCUT2D eigenvalue weighted by Crippen LogP contribution is -2.39. The van der Waals surface area contributed by atoms with Crippen molar-refractivity contribution >= 4 is 16.7 Å². The van der Waals surface area contributed by atoms with E-state index in [1.54, 1.807) is 13.3 Å². The van der Waals surface area contributed by atoms with Crippen molar-refractivity contribution in [3.8, 4) is 11.5 Å². The molecule has 0 radical (unpaired) electrons. The number of rotatable bonds is 6. The van der Waals surface area contributed by atoms with Crippen LogP contribution in [-0.2, 0) is 13.0 Å². The third-order valence-electron chi connectivity index (χ3n) is 6.05. The van der Waals surface area contributed by atoms with E-state index in [9.17, 15) is 4.79 Å². The number of nitrogens with two attached hydrogens (primary N) is 1. The Morgan fingerprint density at radius 1 is 1.22 bits per heavy atom. The Bertz CT molecular complexity index is 1390. The number of nitrogen functional groups attached to an aromatic ring is 1. The molecular weight excluding hydrogens is 406 g/mol. The first kappa shape index (κ1) is 20.3. The van der Waals surface area contributed by atoms with E-state index in [0.29, 0.717) is 36.1 Å². The van der Waals surface area contributed by atoms with Gasteiger partial charge in [-0.2, -0.15) is 0 Å². The van der Waals surface area contributed by atoms with E-state index in [1.165, 1.54) is 0 Å². The molecule has 0 aliphatic heterocycles. The van der Waals surface area contributed by atoms with Gasteiger partial charge >= 0.3 is 0 Å². The Kier molecular flexibility index (Phi) is 4.96. The summed E-state index contributed by atoms with van der Waals surface area (Å²) in [5.74, 6) is 2.06. The third kappa shape index (κ3) is 3.53. The van der Waals surface area contributed by atoms with Gasteiger partial charge in [0, 0.05) is 19.4 Å². The third-order valence-corrected chi connectivity index (χ3v) is 6.05. The van der Waals surface area contributed by atoms with E-state index >= 15 is 0 Å². The molecule has 5 rings (SSSR count). The van der Waals surface area contributed by atoms with E-state index in [2.05, 4.69) is 15.2 Å². The van der Waals surface area contributed by atoms with Crippen molar-refractivity contribution in [1.29, 1.82) is 0 Å². The Morgan fingerprint density at radius 3 is 2.75 bits per heavy atom. The highest BCUT2D eigenvalue weighted by Gasteiger charge is 2.29. The van der Waals surface area contributed by atoms with Gasteiger partial charge in [0.1, 0.15) is 17.1 Å². The van der Waals surface area contributed by atoms with E-state index in [4.69, 9.17) is 15.1 Å². The summed E-state index contributed by atoms with van der Waals surface area (Å²) in [7, 11) is 0. The molecule has 4 aromatic rings. The van der Waals surface area contributed by atoms with Crippen molar-refractivity contribution in [2.24, 2.45) is 0 Å². The van der Waals surface area contributed by atoms with Gasteiger partial charge in [0.2, 0.25) is 5.89 Å². The average Bonchev–Trinajstić information content (AvgIpc) is 3.50. The average molecular weight is 433 g/mol. The van der Waals surface area contributed by atoms with Crippen LogP contribution in [0.2, 0.25) is 0 Å². The number of aromatic nitrogens is 6. The van der Waals surface area contributed by atoms with Crippen LogP contribution in [0.5, 0.6) is 0 Å². The maximum atomic E-state index is 13.3. The summed E-state index contributed by atoms with van der Waals surface area (Å²) in [6.45, 7) is 6.37. The number of nitrogens with zero attached hydrogens (tertiary/aromatic N) is 6. The molecule has 0 atom stereocenters. The molecule has 0 bridgehead atoms. The number of hydrogen-bond donors (Lipinski definition) is 1. The monoisotopic (exact) mass is 432 g/mol. The minimum absolute atomic E-state index is 0.0811. The van der Waals surface area contributed by atoms with Gasteiger partial charge in [-0.25, -0.2) is 9.55 Å². The summed E-state index contributed by atoms with van der Waals surface area (Å²) >= 11 is 0. The fraction of sp³-hybridized carbons (Fsp3) is 0.391. The van der Waals surface area contributed by atoms with Crippen LogP contribution in [0.1, 0.15) is 48.3 Å². The molecule has 3 aromatic heterocycles. The molecule has 9 heteroatoms. The summed E-state index contributed by atoms with van der Waals surface area (Å²) in [4.78, 5) is 22.4. The normalized spacial score (nSPS) is 13.7. The molecule has 3 heterocycles. The minimum atomic E-state index is 0.0811. The van der Waals surface area contributed by atoms with Gasteiger partial charge in [-0.15, -0.1) is 10.2 Å². The highest BCUT2D eigenvalue weighted by atomic mass is 16.4. The summed E-state index contributed by atoms with van der Waals surface area (Å²) in [5, 5.41) is 8.72. The predicted molar refractivity (Wildman–Crippen MR) is 119 cm³/mol. The Morgan fingerprint density at radius 2 is 2.03 bits per heavy atom. The lowest BCUT2D eigenvalue weighted by atomic mass is 10.1. The molecule has 32 heavy (non-hydrogen) atoms. The van der Waals surface area contributed by atoms with Crippen molar-refractivity contribution in [3.63, 3.8) is 0 Å². The molecule has 164 valence electrons. The van der Waals surface area contributed by atoms with Gasteiger partial charge in [-0.1, -0.05) is 12.1 Å². The molecule has 0 unspecified atom stereocenters. The smallest absolute Gasteiger partial charge is 0.289 e. The maximum Gasteiger partial charge on any atom is 0.289 e. The van der Waals surface area contributed by atoms with Gasteiger partial charge in [-0.3, -0.25) is 9.36 Å². The van der Waals surface area contributed by atoms with E-state index < -0.39 is 0 Å². The first-order chi connectivity index (χ1) is 15.4. The van der Waals surface area contributed by atoms with Crippen molar-refractivity contribution in [2.75, 3.05) is 5.73 Å². The van der Waals surface area contributed by atoms with Crippen LogP contribution in [-0.4, -0.2) is 24.7 Å². The lowest BCUT2D eigenvalue weighted by Gasteiger charge is -2.14. The van der Waals surface area contributed by atoms with Crippen LogP contribution in [0.3, 0.4) is 0 Å². The van der Waals surface area contributed by atoms with E-state index in [1.807, 2.05) is 41.2 Å². The van der Waals surface area contributed by atoms with Crippen LogP contribution in [0, 0.1) is 20.8 Å². The molecular formula is C23H26N7O2+. The number of benzene rings is 1. The maximum absolute atomic E-state index is 13.3. The van der Waals surface area contributed by atoms with Crippen LogP contribution >= 0.6 is 0 Å². The van der Waals surface area contributed by atoms with Gasteiger partial charge in [0.05, 0.1) is 17.4 Å². The lowest BCUT2D eigenvalue weighted by molar-refractivity contribution is -0.705. The van der Waals surface area contributed by atoms with E-state index in [0.717, 1.165) is 47.2 Å². The molecule has 0 saturated heterocycles. The predicted octanol–water partition coefficient (Wildman–Crippen LogP) is 2.60. The van der Waals surface area contributed by atoms with Crippen LogP contribution in [0.4, 0.5) is 5.82 Å². The highest BCUT2D eigenvalue weighted by molar-refractivity contribution is 5.81. The number of hydrogen-bond acceptors (Lipinski definition) is 7. The van der Waals surface area contributed by atoms with Crippen LogP contribution in [0.15, 0.2) is 33.7 Å². The molecule has 1 fully saturated rings. The molecule has 0 amide bonds. The SMILES string of the molecule is Cc1nnc(-c2c(N)nc[n+](CCCc3nc4cccc(C)c4c(=O)n3C3CC3)c2C)o1. The van der Waals surface area contributed by atoms with Crippen LogP contribution < -0.4 is 15.9 Å². The Balaban J connectivity index is 1.43. The van der Waals surface area contributed by atoms with Gasteiger partial charge in [-0.05, 0) is 49.7 Å². The first-order valence-corrected chi connectivity index (χ1v) is 10.9. The zero-order valence-electron chi connectivity index (χ0n) is 18.5. The number of anilines is 1. The van der Waals surface area contributed by atoms with Gasteiger partial charge < -0.3 is 10.2 Å². The largest absolute Gasteiger partial charge is 0.421 e. The van der Waals surface area contributed by atoms with E-state index in [-0.39, 0.29) is 11.6 Å². The fourth-order valence-electron chi connectivity index (χ4n) is 4.25. The zero-order chi connectivity index (χ0) is 22.4. The summed E-state index contributed by atoms with van der Waals surface area (Å²) in [6, 6.07) is 6.12. The van der Waals surface area contributed by atoms with Crippen molar-refractivity contribution < 1.29 is 8.98 Å². The van der Waals surface area contributed by atoms with Gasteiger partial charge in [0.15, 0.2) is 0 Å². The summed E-state index contributed by atoms with van der Waals surface area (Å²) in [6.07, 6.45) is 5.29. The summed E-state index contributed by atoms with van der Waals surface area (Å²) in [5.41, 5.74) is 9.48. The summed E-state index contributed by atoms with van der Waals surface area (Å²) < 4.78 is 9.51. The second-order valence-corrected chi connectivity index (χ2v) is 8.42. The molecule has 9 nitrogen and oxygen atoms in total. The Labute approximate surface area is 185 Å². The highest BCUT2D eigenvalue weighted by Crippen LogP contribution is 2.35. The second kappa shape index (κ2) is 7.81. The van der Waals surface area contributed by atoms with Crippen molar-refractivity contribution in [1.82, 2.24) is 24.7 Å². The molecule has 1 saturated carbocycles. The van der Waals surface area contributed by atoms with Gasteiger partial charge in [0.25, 0.3) is 23.6 Å². The number of aryl methyl sites for hydroxylation is 4. The topological polar surface area (TPSA) is 117 Å². The standard InChI is InChI=1S/C23H25N7O2/c1-13-6-4-7-17-19(13)23(31)30(16-9-10-16)18(26-17)8-5-11-29-12-25-21(24)20(14(29)2)22-28-27-15(3)32-22/h4,6-7,12,16,24H,5,8-11H2,1-3H3/p+1. The minimum Gasteiger partial charge on any atom is -0.421 e. The fourth-order valence-corrected chi connectivity index (χ4v) is 4.25. The van der Waals surface area contributed by atoms with Crippen LogP contribution in [0.25, 0.3) is 22.4 Å². The zero-order valence-corrected chi connectivity index (χ0v) is 18.5.